The second kappa shape index (κ2) is 4.85. The number of anilines is 1. The molecule has 14 heavy (non-hydrogen) atoms. The molecule has 1 aliphatic heterocycles. The van der Waals surface area contributed by atoms with Crippen molar-refractivity contribution in [3.05, 3.63) is 41.6 Å². The molecule has 0 bridgehead atoms. The summed E-state index contributed by atoms with van der Waals surface area (Å²) in [7, 11) is 0. The number of hydrogen-bond acceptors (Lipinski definition) is 1. The molecule has 1 aromatic carbocycles. The SMILES string of the molecule is C=C1CCc2ccc(C)cc2N1.CC. The van der Waals surface area contributed by atoms with Crippen LogP contribution in [0.15, 0.2) is 30.5 Å². The number of hydrogen-bond donors (Lipinski definition) is 1. The molecule has 0 radical (unpaired) electrons. The van der Waals surface area contributed by atoms with Crippen molar-refractivity contribution < 1.29 is 0 Å². The lowest BCUT2D eigenvalue weighted by Gasteiger charge is -2.20. The molecule has 1 nitrogen and oxygen atoms in total. The molecule has 1 N–H and O–H groups in total. The van der Waals surface area contributed by atoms with E-state index in [0.717, 1.165) is 18.5 Å². The number of rotatable bonds is 0. The van der Waals surface area contributed by atoms with Crippen LogP contribution in [0.1, 0.15) is 31.4 Å². The van der Waals surface area contributed by atoms with Crippen LogP contribution in [0, 0.1) is 6.92 Å². The predicted octanol–water partition coefficient (Wildman–Crippen LogP) is 3.89. The zero-order valence-electron chi connectivity index (χ0n) is 9.35. The summed E-state index contributed by atoms with van der Waals surface area (Å²) in [5.74, 6) is 0. The van der Waals surface area contributed by atoms with Gasteiger partial charge in [0.15, 0.2) is 0 Å². The molecule has 1 aromatic rings. The summed E-state index contributed by atoms with van der Waals surface area (Å²) < 4.78 is 0. The van der Waals surface area contributed by atoms with Crippen molar-refractivity contribution in [1.82, 2.24) is 0 Å². The van der Waals surface area contributed by atoms with Crippen molar-refractivity contribution in [3.63, 3.8) is 0 Å². The van der Waals surface area contributed by atoms with E-state index >= 15 is 0 Å². The maximum absolute atomic E-state index is 3.93. The molecule has 0 saturated heterocycles. The van der Waals surface area contributed by atoms with E-state index in [-0.39, 0.29) is 0 Å². The molecule has 0 amide bonds. The summed E-state index contributed by atoms with van der Waals surface area (Å²) in [5, 5.41) is 3.31. The number of fused-ring (bicyclic) bond motifs is 1. The molecule has 1 aliphatic rings. The van der Waals surface area contributed by atoms with Crippen LogP contribution in [0.3, 0.4) is 0 Å². The Kier molecular flexibility index (Phi) is 3.75. The molecule has 76 valence electrons. The molecule has 1 heterocycles. The fraction of sp³-hybridized carbons (Fsp3) is 0.385. The molecular weight excluding hydrogens is 170 g/mol. The maximum atomic E-state index is 3.93. The summed E-state index contributed by atoms with van der Waals surface area (Å²) in [6.07, 6.45) is 2.19. The highest BCUT2D eigenvalue weighted by Gasteiger charge is 2.09. The van der Waals surface area contributed by atoms with E-state index in [1.807, 2.05) is 13.8 Å². The average Bonchev–Trinajstić information content (AvgIpc) is 2.20. The van der Waals surface area contributed by atoms with Gasteiger partial charge in [0.2, 0.25) is 0 Å². The Morgan fingerprint density at radius 2 is 1.93 bits per heavy atom. The number of aryl methyl sites for hydroxylation is 2. The lowest BCUT2D eigenvalue weighted by molar-refractivity contribution is 0.917. The fourth-order valence-corrected chi connectivity index (χ4v) is 1.56. The zero-order valence-corrected chi connectivity index (χ0v) is 9.35. The van der Waals surface area contributed by atoms with Gasteiger partial charge >= 0.3 is 0 Å². The second-order valence-corrected chi connectivity index (χ2v) is 3.39. The first-order valence-corrected chi connectivity index (χ1v) is 5.30. The highest BCUT2D eigenvalue weighted by Crippen LogP contribution is 2.26. The Balaban J connectivity index is 0.000000461. The topological polar surface area (TPSA) is 12.0 Å². The largest absolute Gasteiger partial charge is 0.359 e. The van der Waals surface area contributed by atoms with E-state index in [4.69, 9.17) is 0 Å². The summed E-state index contributed by atoms with van der Waals surface area (Å²) in [6, 6.07) is 6.54. The quantitative estimate of drug-likeness (QED) is 0.652. The molecule has 1 heteroatoms. The van der Waals surface area contributed by atoms with Crippen LogP contribution in [-0.2, 0) is 6.42 Å². The Hall–Kier alpha value is -1.24. The van der Waals surface area contributed by atoms with Crippen LogP contribution in [0.5, 0.6) is 0 Å². The van der Waals surface area contributed by atoms with E-state index in [0.29, 0.717) is 0 Å². The molecule has 0 spiro atoms. The standard InChI is InChI=1S/C11H13N.C2H6/c1-8-3-5-10-6-4-9(2)12-11(10)7-8;1-2/h3,5,7,12H,2,4,6H2,1H3;1-2H3. The Bertz CT molecular complexity index is 326. The smallest absolute Gasteiger partial charge is 0.0416 e. The van der Waals surface area contributed by atoms with Gasteiger partial charge in [0, 0.05) is 11.4 Å². The fourth-order valence-electron chi connectivity index (χ4n) is 1.56. The normalized spacial score (nSPS) is 13.5. The van der Waals surface area contributed by atoms with Crippen LogP contribution < -0.4 is 5.32 Å². The highest BCUT2D eigenvalue weighted by atomic mass is 14.9. The second-order valence-electron chi connectivity index (χ2n) is 3.39. The van der Waals surface area contributed by atoms with Gasteiger partial charge in [0.1, 0.15) is 0 Å². The Morgan fingerprint density at radius 3 is 2.64 bits per heavy atom. The van der Waals surface area contributed by atoms with Crippen LogP contribution in [0.4, 0.5) is 5.69 Å². The number of allylic oxidation sites excluding steroid dienone is 1. The predicted molar refractivity (Wildman–Crippen MR) is 63.6 cm³/mol. The molecule has 0 aromatic heterocycles. The molecule has 0 saturated carbocycles. The van der Waals surface area contributed by atoms with E-state index in [1.54, 1.807) is 0 Å². The molecule has 2 rings (SSSR count). The average molecular weight is 189 g/mol. The van der Waals surface area contributed by atoms with E-state index in [2.05, 4.69) is 37.0 Å². The molecule has 0 aliphatic carbocycles. The first-order chi connectivity index (χ1) is 6.75. The van der Waals surface area contributed by atoms with Gasteiger partial charge in [-0.1, -0.05) is 32.6 Å². The van der Waals surface area contributed by atoms with Crippen molar-refractivity contribution >= 4 is 5.69 Å². The van der Waals surface area contributed by atoms with Crippen LogP contribution >= 0.6 is 0 Å². The molecule has 0 fully saturated rings. The molecular formula is C13H19N. The van der Waals surface area contributed by atoms with Gasteiger partial charge in [-0.05, 0) is 37.0 Å². The van der Waals surface area contributed by atoms with Gasteiger partial charge in [-0.2, -0.15) is 0 Å². The lowest BCUT2D eigenvalue weighted by Crippen LogP contribution is -2.08. The summed E-state index contributed by atoms with van der Waals surface area (Å²) in [5.41, 5.74) is 5.09. The van der Waals surface area contributed by atoms with Gasteiger partial charge in [0.05, 0.1) is 0 Å². The first kappa shape index (κ1) is 10.8. The van der Waals surface area contributed by atoms with Gasteiger partial charge in [-0.3, -0.25) is 0 Å². The van der Waals surface area contributed by atoms with Gasteiger partial charge in [0.25, 0.3) is 0 Å². The van der Waals surface area contributed by atoms with E-state index in [9.17, 15) is 0 Å². The lowest BCUT2D eigenvalue weighted by atomic mass is 10.0. The number of nitrogens with one attached hydrogen (secondary N) is 1. The van der Waals surface area contributed by atoms with Gasteiger partial charge < -0.3 is 5.32 Å². The van der Waals surface area contributed by atoms with Gasteiger partial charge in [-0.25, -0.2) is 0 Å². The van der Waals surface area contributed by atoms with Crippen LogP contribution in [-0.4, -0.2) is 0 Å². The first-order valence-electron chi connectivity index (χ1n) is 5.30. The highest BCUT2D eigenvalue weighted by molar-refractivity contribution is 5.58. The third-order valence-electron chi connectivity index (χ3n) is 2.27. The van der Waals surface area contributed by atoms with Crippen molar-refractivity contribution in [1.29, 1.82) is 0 Å². The minimum absolute atomic E-state index is 1.07. The third kappa shape index (κ3) is 2.38. The third-order valence-corrected chi connectivity index (χ3v) is 2.27. The Labute approximate surface area is 86.8 Å². The summed E-state index contributed by atoms with van der Waals surface area (Å²) >= 11 is 0. The van der Waals surface area contributed by atoms with Crippen LogP contribution in [0.2, 0.25) is 0 Å². The van der Waals surface area contributed by atoms with E-state index in [1.165, 1.54) is 16.8 Å². The summed E-state index contributed by atoms with van der Waals surface area (Å²) in [4.78, 5) is 0. The molecule has 0 unspecified atom stereocenters. The van der Waals surface area contributed by atoms with Crippen molar-refractivity contribution in [3.8, 4) is 0 Å². The van der Waals surface area contributed by atoms with Crippen molar-refractivity contribution in [2.24, 2.45) is 0 Å². The minimum atomic E-state index is 1.07. The van der Waals surface area contributed by atoms with E-state index < -0.39 is 0 Å². The number of benzene rings is 1. The maximum Gasteiger partial charge on any atom is 0.0416 e. The Morgan fingerprint density at radius 1 is 1.21 bits per heavy atom. The summed E-state index contributed by atoms with van der Waals surface area (Å²) in [6.45, 7) is 10.0. The van der Waals surface area contributed by atoms with Crippen LogP contribution in [0.25, 0.3) is 0 Å². The zero-order chi connectivity index (χ0) is 10.6. The van der Waals surface area contributed by atoms with Crippen molar-refractivity contribution in [2.45, 2.75) is 33.6 Å². The monoisotopic (exact) mass is 189 g/mol. The minimum Gasteiger partial charge on any atom is -0.359 e. The van der Waals surface area contributed by atoms with Gasteiger partial charge in [-0.15, -0.1) is 0 Å². The molecule has 0 atom stereocenters. The van der Waals surface area contributed by atoms with Crippen molar-refractivity contribution in [2.75, 3.05) is 5.32 Å².